The molecular formula is C18H15BrClN5O. The molecule has 1 aliphatic heterocycles. The van der Waals surface area contributed by atoms with E-state index in [1.54, 1.807) is 6.20 Å². The summed E-state index contributed by atoms with van der Waals surface area (Å²) in [4.78, 5) is 12.7. The number of anilines is 2. The second-order valence-electron chi connectivity index (χ2n) is 6.17. The second kappa shape index (κ2) is 6.59. The summed E-state index contributed by atoms with van der Waals surface area (Å²) in [5.74, 6) is 0.504. The van der Waals surface area contributed by atoms with Crippen LogP contribution >= 0.6 is 27.5 Å². The highest BCUT2D eigenvalue weighted by Crippen LogP contribution is 2.41. The molecule has 0 saturated carbocycles. The molecule has 0 radical (unpaired) electrons. The number of rotatable bonds is 3. The van der Waals surface area contributed by atoms with Crippen LogP contribution in [-0.2, 0) is 0 Å². The van der Waals surface area contributed by atoms with Crippen molar-refractivity contribution in [3.63, 3.8) is 0 Å². The van der Waals surface area contributed by atoms with Crippen molar-refractivity contribution in [2.24, 2.45) is 0 Å². The average molecular weight is 433 g/mol. The van der Waals surface area contributed by atoms with Gasteiger partial charge < -0.3 is 15.2 Å². The maximum absolute atomic E-state index is 13.5. The molecule has 0 aliphatic carbocycles. The van der Waals surface area contributed by atoms with Crippen LogP contribution in [0.1, 0.15) is 5.69 Å². The first-order valence-corrected chi connectivity index (χ1v) is 9.22. The SMILES string of the molecule is Cc1ccc2c([N+]3([O-])CC=CC3)c(Nc3nc(Cl)ncc3Br)ccc2n1. The lowest BCUT2D eigenvalue weighted by atomic mass is 10.1. The van der Waals surface area contributed by atoms with Crippen molar-refractivity contribution in [3.05, 3.63) is 63.3 Å². The van der Waals surface area contributed by atoms with Gasteiger partial charge in [0.1, 0.15) is 24.6 Å². The number of pyridine rings is 1. The molecule has 3 heterocycles. The first kappa shape index (κ1) is 17.4. The monoisotopic (exact) mass is 431 g/mol. The number of quaternary nitrogens is 1. The Bertz CT molecular complexity index is 1030. The number of hydrogen-bond donors (Lipinski definition) is 1. The molecule has 0 amide bonds. The smallest absolute Gasteiger partial charge is 0.224 e. The minimum absolute atomic E-state index is 0.129. The minimum Gasteiger partial charge on any atom is -0.627 e. The summed E-state index contributed by atoms with van der Waals surface area (Å²) < 4.78 is 0.188. The molecule has 0 fully saturated rings. The summed E-state index contributed by atoms with van der Waals surface area (Å²) in [6, 6.07) is 7.64. The molecule has 0 unspecified atom stereocenters. The molecule has 0 bridgehead atoms. The van der Waals surface area contributed by atoms with E-state index in [1.807, 2.05) is 43.3 Å². The van der Waals surface area contributed by atoms with Gasteiger partial charge in [-0.25, -0.2) is 4.98 Å². The Balaban J connectivity index is 1.91. The summed E-state index contributed by atoms with van der Waals surface area (Å²) in [5, 5.41) is 17.7. The maximum atomic E-state index is 13.5. The number of nitrogens with one attached hydrogen (secondary N) is 1. The zero-order chi connectivity index (χ0) is 18.3. The molecule has 1 aliphatic rings. The van der Waals surface area contributed by atoms with Gasteiger partial charge >= 0.3 is 0 Å². The fourth-order valence-corrected chi connectivity index (χ4v) is 3.56. The van der Waals surface area contributed by atoms with E-state index in [-0.39, 0.29) is 5.28 Å². The van der Waals surface area contributed by atoms with Crippen LogP contribution in [0.2, 0.25) is 5.28 Å². The van der Waals surface area contributed by atoms with Crippen molar-refractivity contribution in [2.75, 3.05) is 18.4 Å². The largest absolute Gasteiger partial charge is 0.627 e. The molecule has 2 aromatic heterocycles. The molecule has 6 nitrogen and oxygen atoms in total. The zero-order valence-corrected chi connectivity index (χ0v) is 16.3. The summed E-state index contributed by atoms with van der Waals surface area (Å²) in [7, 11) is 0. The first-order valence-electron chi connectivity index (χ1n) is 8.05. The van der Waals surface area contributed by atoms with Gasteiger partial charge in [0.15, 0.2) is 5.69 Å². The van der Waals surface area contributed by atoms with Crippen LogP contribution in [0, 0.1) is 12.1 Å². The van der Waals surface area contributed by atoms with Gasteiger partial charge in [-0.1, -0.05) is 0 Å². The number of hydroxylamine groups is 2. The molecular weight excluding hydrogens is 418 g/mol. The van der Waals surface area contributed by atoms with Gasteiger partial charge in [0, 0.05) is 11.9 Å². The lowest BCUT2D eigenvalue weighted by Crippen LogP contribution is -2.40. The lowest BCUT2D eigenvalue weighted by Gasteiger charge is -2.39. The second-order valence-corrected chi connectivity index (χ2v) is 7.36. The van der Waals surface area contributed by atoms with Crippen molar-refractivity contribution in [1.29, 1.82) is 0 Å². The number of aromatic nitrogens is 3. The van der Waals surface area contributed by atoms with Crippen molar-refractivity contribution < 1.29 is 0 Å². The van der Waals surface area contributed by atoms with Gasteiger partial charge in [0.2, 0.25) is 5.28 Å². The van der Waals surface area contributed by atoms with Crippen LogP contribution in [0.25, 0.3) is 10.9 Å². The molecule has 26 heavy (non-hydrogen) atoms. The Morgan fingerprint density at radius 1 is 1.15 bits per heavy atom. The van der Waals surface area contributed by atoms with Gasteiger partial charge in [-0.2, -0.15) is 4.98 Å². The number of hydrogen-bond acceptors (Lipinski definition) is 5. The molecule has 8 heteroatoms. The van der Waals surface area contributed by atoms with Crippen molar-refractivity contribution in [2.45, 2.75) is 6.92 Å². The summed E-state index contributed by atoms with van der Waals surface area (Å²) in [5.41, 5.74) is 3.02. The van der Waals surface area contributed by atoms with Crippen molar-refractivity contribution in [3.8, 4) is 0 Å². The first-order chi connectivity index (χ1) is 12.5. The van der Waals surface area contributed by atoms with Crippen LogP contribution < -0.4 is 9.96 Å². The summed E-state index contributed by atoms with van der Waals surface area (Å²) >= 11 is 9.34. The van der Waals surface area contributed by atoms with Crippen molar-refractivity contribution >= 4 is 55.6 Å². The van der Waals surface area contributed by atoms with Crippen LogP contribution in [0.15, 0.2) is 47.1 Å². The third-order valence-electron chi connectivity index (χ3n) is 4.32. The van der Waals surface area contributed by atoms with Gasteiger partial charge in [0.25, 0.3) is 0 Å². The fourth-order valence-electron chi connectivity index (χ4n) is 3.14. The Morgan fingerprint density at radius 2 is 1.92 bits per heavy atom. The number of aryl methyl sites for hydroxylation is 1. The molecule has 0 spiro atoms. The summed E-state index contributed by atoms with van der Waals surface area (Å²) in [6.07, 6.45) is 5.39. The molecule has 132 valence electrons. The molecule has 1 aromatic carbocycles. The molecule has 0 atom stereocenters. The number of halogens is 2. The Kier molecular flexibility index (Phi) is 4.40. The van der Waals surface area contributed by atoms with Gasteiger partial charge in [-0.15, -0.1) is 0 Å². The van der Waals surface area contributed by atoms with E-state index in [0.717, 1.165) is 16.6 Å². The lowest BCUT2D eigenvalue weighted by molar-refractivity contribution is 0.477. The third-order valence-corrected chi connectivity index (χ3v) is 5.09. The molecule has 0 saturated heterocycles. The van der Waals surface area contributed by atoms with Crippen LogP contribution in [0.5, 0.6) is 0 Å². The predicted molar refractivity (Wildman–Crippen MR) is 109 cm³/mol. The zero-order valence-electron chi connectivity index (χ0n) is 13.9. The molecule has 4 rings (SSSR count). The van der Waals surface area contributed by atoms with Gasteiger partial charge in [0.05, 0.1) is 15.4 Å². The van der Waals surface area contributed by atoms with E-state index in [0.29, 0.717) is 34.8 Å². The van der Waals surface area contributed by atoms with E-state index >= 15 is 0 Å². The van der Waals surface area contributed by atoms with Crippen LogP contribution in [0.3, 0.4) is 0 Å². The normalized spacial score (nSPS) is 15.5. The quantitative estimate of drug-likeness (QED) is 0.277. The van der Waals surface area contributed by atoms with E-state index in [2.05, 4.69) is 36.2 Å². The van der Waals surface area contributed by atoms with E-state index < -0.39 is 4.65 Å². The van der Waals surface area contributed by atoms with Gasteiger partial charge in [-0.05, 0) is 70.9 Å². The highest BCUT2D eigenvalue weighted by molar-refractivity contribution is 9.10. The standard InChI is InChI=1S/C18H15BrClN5O/c1-11-4-5-12-14(22-11)6-7-15(16(12)25(26)8-2-3-9-25)23-17-13(19)10-21-18(20)24-17/h2-7,10H,8-9H2,1H3,(H,21,23,24). The Labute approximate surface area is 163 Å². The Hall–Kier alpha value is -2.06. The predicted octanol–water partition coefficient (Wildman–Crippen LogP) is 4.87. The number of benzene rings is 1. The third kappa shape index (κ3) is 3.07. The van der Waals surface area contributed by atoms with Crippen LogP contribution in [0.4, 0.5) is 17.2 Å². The topological polar surface area (TPSA) is 73.8 Å². The van der Waals surface area contributed by atoms with Crippen molar-refractivity contribution in [1.82, 2.24) is 19.6 Å². The van der Waals surface area contributed by atoms with Crippen LogP contribution in [-0.4, -0.2) is 28.0 Å². The van der Waals surface area contributed by atoms with Gasteiger partial charge in [-0.3, -0.25) is 4.98 Å². The summed E-state index contributed by atoms with van der Waals surface area (Å²) in [6.45, 7) is 2.70. The molecule has 1 N–H and O–H groups in total. The number of fused-ring (bicyclic) bond motifs is 1. The van der Waals surface area contributed by atoms with E-state index in [4.69, 9.17) is 11.6 Å². The van der Waals surface area contributed by atoms with E-state index in [9.17, 15) is 5.21 Å². The highest BCUT2D eigenvalue weighted by atomic mass is 79.9. The maximum Gasteiger partial charge on any atom is 0.224 e. The number of nitrogens with zero attached hydrogens (tertiary/aromatic N) is 4. The minimum atomic E-state index is -0.471. The Morgan fingerprint density at radius 3 is 2.69 bits per heavy atom. The highest BCUT2D eigenvalue weighted by Gasteiger charge is 2.28. The molecule has 3 aromatic rings. The average Bonchev–Trinajstić information content (AvgIpc) is 3.05. The fraction of sp³-hybridized carbons (Fsp3) is 0.167. The van der Waals surface area contributed by atoms with E-state index in [1.165, 1.54) is 0 Å².